The van der Waals surface area contributed by atoms with Crippen molar-refractivity contribution in [3.05, 3.63) is 62.1 Å². The number of rotatable bonds is 9. The first kappa shape index (κ1) is 24.1. The number of carbonyl (C=O) groups is 3. The zero-order chi connectivity index (χ0) is 23.1. The molecule has 32 heavy (non-hydrogen) atoms. The molecule has 2 amide bonds. The van der Waals surface area contributed by atoms with Crippen molar-refractivity contribution >= 4 is 57.5 Å². The predicted molar refractivity (Wildman–Crippen MR) is 131 cm³/mol. The van der Waals surface area contributed by atoms with Crippen LogP contribution in [0.15, 0.2) is 47.4 Å². The lowest BCUT2D eigenvalue weighted by Crippen LogP contribution is -2.30. The molecule has 1 heterocycles. The lowest BCUT2D eigenvalue weighted by Gasteiger charge is -2.14. The minimum atomic E-state index is -0.503. The van der Waals surface area contributed by atoms with Crippen molar-refractivity contribution in [2.75, 3.05) is 26.9 Å². The maximum absolute atomic E-state index is 12.8. The SMILES string of the molecule is CCOc1cc(/C=C2/SC(=O)N(CCc3ccccc3)C2=O)cc(I)c1OCC(=O)OC. The van der Waals surface area contributed by atoms with E-state index < -0.39 is 5.97 Å². The molecule has 1 aliphatic heterocycles. The summed E-state index contributed by atoms with van der Waals surface area (Å²) in [6.07, 6.45) is 2.27. The number of benzene rings is 2. The summed E-state index contributed by atoms with van der Waals surface area (Å²) < 4.78 is 16.5. The minimum Gasteiger partial charge on any atom is -0.490 e. The third-order valence-corrected chi connectivity index (χ3v) is 6.24. The van der Waals surface area contributed by atoms with Gasteiger partial charge < -0.3 is 14.2 Å². The van der Waals surface area contributed by atoms with Gasteiger partial charge in [-0.25, -0.2) is 4.79 Å². The normalized spacial score (nSPS) is 14.7. The number of hydrogen-bond acceptors (Lipinski definition) is 7. The van der Waals surface area contributed by atoms with Crippen molar-refractivity contribution in [1.82, 2.24) is 4.90 Å². The van der Waals surface area contributed by atoms with Crippen molar-refractivity contribution in [3.63, 3.8) is 0 Å². The van der Waals surface area contributed by atoms with E-state index in [1.165, 1.54) is 12.0 Å². The van der Waals surface area contributed by atoms with Crippen LogP contribution < -0.4 is 9.47 Å². The Kier molecular flexibility index (Phi) is 8.57. The number of amides is 2. The highest BCUT2D eigenvalue weighted by molar-refractivity contribution is 14.1. The topological polar surface area (TPSA) is 82.1 Å². The Hall–Kier alpha value is -2.53. The maximum Gasteiger partial charge on any atom is 0.343 e. The third kappa shape index (κ3) is 6.04. The molecule has 7 nitrogen and oxygen atoms in total. The summed E-state index contributed by atoms with van der Waals surface area (Å²) in [7, 11) is 1.29. The van der Waals surface area contributed by atoms with Gasteiger partial charge in [-0.2, -0.15) is 0 Å². The van der Waals surface area contributed by atoms with Gasteiger partial charge in [0.2, 0.25) is 0 Å². The lowest BCUT2D eigenvalue weighted by atomic mass is 10.1. The number of imide groups is 1. The lowest BCUT2D eigenvalue weighted by molar-refractivity contribution is -0.143. The molecule has 2 aromatic carbocycles. The highest BCUT2D eigenvalue weighted by Gasteiger charge is 2.34. The fourth-order valence-corrected chi connectivity index (χ4v) is 4.64. The summed E-state index contributed by atoms with van der Waals surface area (Å²) in [5, 5.41) is -0.282. The Bertz CT molecular complexity index is 1040. The van der Waals surface area contributed by atoms with Crippen molar-refractivity contribution in [2.24, 2.45) is 0 Å². The second-order valence-electron chi connectivity index (χ2n) is 6.70. The Morgan fingerprint density at radius 2 is 1.91 bits per heavy atom. The second-order valence-corrected chi connectivity index (χ2v) is 8.85. The molecule has 0 saturated carbocycles. The van der Waals surface area contributed by atoms with Crippen molar-refractivity contribution in [1.29, 1.82) is 0 Å². The number of esters is 1. The maximum atomic E-state index is 12.8. The van der Waals surface area contributed by atoms with Gasteiger partial charge in [0.1, 0.15) is 0 Å². The summed E-state index contributed by atoms with van der Waals surface area (Å²) in [5.41, 5.74) is 1.76. The molecule has 3 rings (SSSR count). The molecule has 9 heteroatoms. The smallest absolute Gasteiger partial charge is 0.343 e. The molecule has 0 N–H and O–H groups in total. The quantitative estimate of drug-likeness (QED) is 0.251. The Labute approximate surface area is 204 Å². The highest BCUT2D eigenvalue weighted by Crippen LogP contribution is 2.37. The second kappa shape index (κ2) is 11.4. The van der Waals surface area contributed by atoms with Gasteiger partial charge in [-0.1, -0.05) is 30.3 Å². The first-order chi connectivity index (χ1) is 15.4. The van der Waals surface area contributed by atoms with E-state index >= 15 is 0 Å². The summed E-state index contributed by atoms with van der Waals surface area (Å²) in [6, 6.07) is 13.2. The van der Waals surface area contributed by atoms with Gasteiger partial charge in [-0.15, -0.1) is 0 Å². The molecular weight excluding hydrogens is 545 g/mol. The van der Waals surface area contributed by atoms with E-state index in [0.29, 0.717) is 45.1 Å². The number of methoxy groups -OCH3 is 1. The minimum absolute atomic E-state index is 0.244. The molecule has 1 fully saturated rings. The van der Waals surface area contributed by atoms with Gasteiger partial charge in [0.25, 0.3) is 11.1 Å². The summed E-state index contributed by atoms with van der Waals surface area (Å²) in [4.78, 5) is 38.3. The molecule has 0 aliphatic carbocycles. The molecule has 0 bridgehead atoms. The fourth-order valence-electron chi connectivity index (χ4n) is 2.99. The van der Waals surface area contributed by atoms with Gasteiger partial charge in [0.05, 0.1) is 22.2 Å². The first-order valence-electron chi connectivity index (χ1n) is 9.88. The molecule has 0 atom stereocenters. The molecule has 1 saturated heterocycles. The van der Waals surface area contributed by atoms with Gasteiger partial charge in [-0.3, -0.25) is 14.5 Å². The number of nitrogens with zero attached hydrogens (tertiary/aromatic N) is 1. The number of halogens is 1. The van der Waals surface area contributed by atoms with Crippen LogP contribution in [0.25, 0.3) is 6.08 Å². The van der Waals surface area contributed by atoms with Crippen LogP contribution in [-0.2, 0) is 20.7 Å². The van der Waals surface area contributed by atoms with Crippen LogP contribution >= 0.6 is 34.4 Å². The van der Waals surface area contributed by atoms with Crippen LogP contribution in [0.3, 0.4) is 0 Å². The number of ether oxygens (including phenoxy) is 3. The zero-order valence-electron chi connectivity index (χ0n) is 17.6. The molecule has 0 unspecified atom stereocenters. The number of hydrogen-bond donors (Lipinski definition) is 0. The van der Waals surface area contributed by atoms with E-state index in [2.05, 4.69) is 27.3 Å². The Morgan fingerprint density at radius 1 is 1.16 bits per heavy atom. The molecule has 0 spiro atoms. The van der Waals surface area contributed by atoms with Crippen LogP contribution in [0.1, 0.15) is 18.1 Å². The van der Waals surface area contributed by atoms with E-state index in [4.69, 9.17) is 9.47 Å². The molecule has 0 aromatic heterocycles. The van der Waals surface area contributed by atoms with E-state index in [1.54, 1.807) is 18.2 Å². The van der Waals surface area contributed by atoms with Gasteiger partial charge in [0, 0.05) is 6.54 Å². The summed E-state index contributed by atoms with van der Waals surface area (Å²) >= 11 is 3.00. The average molecular weight is 567 g/mol. The van der Waals surface area contributed by atoms with E-state index in [0.717, 1.165) is 17.3 Å². The molecular formula is C23H22INO6S. The van der Waals surface area contributed by atoms with Gasteiger partial charge in [0.15, 0.2) is 18.1 Å². The molecule has 2 aromatic rings. The van der Waals surface area contributed by atoms with Gasteiger partial charge in [-0.05, 0) is 77.0 Å². The van der Waals surface area contributed by atoms with Crippen LogP contribution in [0, 0.1) is 3.57 Å². The predicted octanol–water partition coefficient (Wildman–Crippen LogP) is 4.52. The molecule has 1 aliphatic rings. The van der Waals surface area contributed by atoms with E-state index in [9.17, 15) is 14.4 Å². The van der Waals surface area contributed by atoms with Crippen LogP contribution in [0.4, 0.5) is 4.79 Å². The summed E-state index contributed by atoms with van der Waals surface area (Å²) in [5.74, 6) is 0.0512. The van der Waals surface area contributed by atoms with Crippen molar-refractivity contribution in [3.8, 4) is 11.5 Å². The van der Waals surface area contributed by atoms with Crippen molar-refractivity contribution < 1.29 is 28.6 Å². The molecule has 0 radical (unpaired) electrons. The van der Waals surface area contributed by atoms with Gasteiger partial charge >= 0.3 is 5.97 Å². The Morgan fingerprint density at radius 3 is 2.59 bits per heavy atom. The van der Waals surface area contributed by atoms with E-state index in [1.807, 2.05) is 37.3 Å². The number of carbonyl (C=O) groups excluding carboxylic acids is 3. The fraction of sp³-hybridized carbons (Fsp3) is 0.261. The van der Waals surface area contributed by atoms with Crippen molar-refractivity contribution in [2.45, 2.75) is 13.3 Å². The first-order valence-corrected chi connectivity index (χ1v) is 11.8. The largest absolute Gasteiger partial charge is 0.490 e. The zero-order valence-corrected chi connectivity index (χ0v) is 20.6. The monoisotopic (exact) mass is 567 g/mol. The third-order valence-electron chi connectivity index (χ3n) is 4.53. The number of thioether (sulfide) groups is 1. The van der Waals surface area contributed by atoms with E-state index in [-0.39, 0.29) is 17.8 Å². The standard InChI is InChI=1S/C23H22INO6S/c1-3-30-18-12-16(11-17(24)21(18)31-14-20(26)29-2)13-19-22(27)25(23(28)32-19)10-9-15-7-5-4-6-8-15/h4-8,11-13H,3,9-10,14H2,1-2H3/b19-13+. The van der Waals surface area contributed by atoms with Crippen LogP contribution in [-0.4, -0.2) is 48.9 Å². The Balaban J connectivity index is 1.78. The van der Waals surface area contributed by atoms with Crippen LogP contribution in [0.5, 0.6) is 11.5 Å². The average Bonchev–Trinajstić information content (AvgIpc) is 3.04. The summed E-state index contributed by atoms with van der Waals surface area (Å²) in [6.45, 7) is 2.31. The van der Waals surface area contributed by atoms with Crippen LogP contribution in [0.2, 0.25) is 0 Å². The molecule has 168 valence electrons. The highest BCUT2D eigenvalue weighted by atomic mass is 127.